The zero-order valence-electron chi connectivity index (χ0n) is 5.97. The lowest BCUT2D eigenvalue weighted by Gasteiger charge is -1.98. The molecule has 1 rings (SSSR count). The summed E-state index contributed by atoms with van der Waals surface area (Å²) in [5.74, 6) is -0.484. The Morgan fingerprint density at radius 3 is 2.82 bits per heavy atom. The van der Waals surface area contributed by atoms with Gasteiger partial charge in [-0.25, -0.2) is 9.37 Å². The predicted octanol–water partition coefficient (Wildman–Crippen LogP) is 1.19. The van der Waals surface area contributed by atoms with Crippen molar-refractivity contribution in [2.45, 2.75) is 0 Å². The molecule has 11 heavy (non-hydrogen) atoms. The van der Waals surface area contributed by atoms with E-state index in [4.69, 9.17) is 5.41 Å². The molecule has 0 aromatic carbocycles. The van der Waals surface area contributed by atoms with E-state index in [1.165, 1.54) is 19.2 Å². The highest BCUT2D eigenvalue weighted by atomic mass is 19.1. The minimum absolute atomic E-state index is 0.0648. The summed E-state index contributed by atoms with van der Waals surface area (Å²) in [5.41, 5.74) is 0.328. The van der Waals surface area contributed by atoms with Crippen molar-refractivity contribution in [3.8, 4) is 0 Å². The highest BCUT2D eigenvalue weighted by molar-refractivity contribution is 5.89. The summed E-state index contributed by atoms with van der Waals surface area (Å²) >= 11 is 0. The van der Waals surface area contributed by atoms with Crippen molar-refractivity contribution < 1.29 is 9.13 Å². The smallest absolute Gasteiger partial charge is 0.232 e. The van der Waals surface area contributed by atoms with Gasteiger partial charge in [0.05, 0.1) is 13.3 Å². The predicted molar refractivity (Wildman–Crippen MR) is 38.0 cm³/mol. The molecular formula is C7H7FN2O. The normalized spacial score (nSPS) is 9.27. The van der Waals surface area contributed by atoms with Gasteiger partial charge >= 0.3 is 0 Å². The van der Waals surface area contributed by atoms with E-state index in [1.807, 2.05) is 0 Å². The SMILES string of the molecule is COC(=N)c1ccc(F)cn1. The minimum Gasteiger partial charge on any atom is -0.480 e. The number of hydrogen-bond donors (Lipinski definition) is 1. The molecule has 0 bridgehead atoms. The second-order valence-electron chi connectivity index (χ2n) is 1.89. The topological polar surface area (TPSA) is 46.0 Å². The first-order valence-electron chi connectivity index (χ1n) is 2.98. The Balaban J connectivity index is 2.90. The molecule has 0 spiro atoms. The van der Waals surface area contributed by atoms with E-state index < -0.39 is 5.82 Å². The molecule has 1 aromatic heterocycles. The highest BCUT2D eigenvalue weighted by Crippen LogP contribution is 1.98. The van der Waals surface area contributed by atoms with Crippen LogP contribution in [0.15, 0.2) is 18.3 Å². The maximum absolute atomic E-state index is 12.3. The number of nitrogens with one attached hydrogen (secondary N) is 1. The van der Waals surface area contributed by atoms with Crippen LogP contribution in [0.5, 0.6) is 0 Å². The first kappa shape index (κ1) is 7.65. The Morgan fingerprint density at radius 2 is 2.36 bits per heavy atom. The van der Waals surface area contributed by atoms with Gasteiger partial charge in [0.15, 0.2) is 0 Å². The fourth-order valence-electron chi connectivity index (χ4n) is 0.615. The summed E-state index contributed by atoms with van der Waals surface area (Å²) in [4.78, 5) is 3.62. The molecule has 0 atom stereocenters. The second kappa shape index (κ2) is 3.09. The Bertz CT molecular complexity index is 258. The van der Waals surface area contributed by atoms with Crippen molar-refractivity contribution in [1.29, 1.82) is 5.41 Å². The number of aromatic nitrogens is 1. The first-order valence-corrected chi connectivity index (χ1v) is 2.98. The van der Waals surface area contributed by atoms with E-state index in [0.29, 0.717) is 5.69 Å². The van der Waals surface area contributed by atoms with Crippen LogP contribution in [0.4, 0.5) is 4.39 Å². The molecule has 0 unspecified atom stereocenters. The fourth-order valence-corrected chi connectivity index (χ4v) is 0.615. The van der Waals surface area contributed by atoms with E-state index in [-0.39, 0.29) is 5.90 Å². The van der Waals surface area contributed by atoms with Gasteiger partial charge in [0.1, 0.15) is 11.5 Å². The van der Waals surface area contributed by atoms with E-state index >= 15 is 0 Å². The van der Waals surface area contributed by atoms with Crippen LogP contribution in [0, 0.1) is 11.2 Å². The van der Waals surface area contributed by atoms with Crippen molar-refractivity contribution >= 4 is 5.90 Å². The molecule has 0 aliphatic heterocycles. The monoisotopic (exact) mass is 154 g/mol. The molecule has 0 saturated carbocycles. The number of rotatable bonds is 1. The number of halogens is 1. The van der Waals surface area contributed by atoms with E-state index in [0.717, 1.165) is 6.20 Å². The Hall–Kier alpha value is -1.45. The molecule has 1 aromatic rings. The van der Waals surface area contributed by atoms with E-state index in [9.17, 15) is 4.39 Å². The van der Waals surface area contributed by atoms with Gasteiger partial charge in [0.2, 0.25) is 5.90 Å². The molecule has 1 N–H and O–H groups in total. The van der Waals surface area contributed by atoms with Gasteiger partial charge in [0.25, 0.3) is 0 Å². The molecule has 4 heteroatoms. The molecule has 0 aliphatic carbocycles. The summed E-state index contributed by atoms with van der Waals surface area (Å²) in [6.45, 7) is 0. The summed E-state index contributed by atoms with van der Waals surface area (Å²) in [6.07, 6.45) is 1.04. The number of methoxy groups -OCH3 is 1. The lowest BCUT2D eigenvalue weighted by Crippen LogP contribution is -2.03. The van der Waals surface area contributed by atoms with Crippen LogP contribution >= 0.6 is 0 Å². The summed E-state index contributed by atoms with van der Waals surface area (Å²) < 4.78 is 16.9. The Labute approximate surface area is 63.3 Å². The molecule has 3 nitrogen and oxygen atoms in total. The number of hydrogen-bond acceptors (Lipinski definition) is 3. The van der Waals surface area contributed by atoms with Crippen LogP contribution in [0.25, 0.3) is 0 Å². The van der Waals surface area contributed by atoms with Crippen molar-refractivity contribution in [3.05, 3.63) is 29.8 Å². The quantitative estimate of drug-likeness (QED) is 0.488. The lowest BCUT2D eigenvalue weighted by molar-refractivity contribution is 0.399. The maximum atomic E-state index is 12.3. The molecule has 58 valence electrons. The van der Waals surface area contributed by atoms with Gasteiger partial charge in [0, 0.05) is 0 Å². The second-order valence-corrected chi connectivity index (χ2v) is 1.89. The minimum atomic E-state index is -0.419. The molecular weight excluding hydrogens is 147 g/mol. The molecule has 0 amide bonds. The van der Waals surface area contributed by atoms with Gasteiger partial charge < -0.3 is 4.74 Å². The van der Waals surface area contributed by atoms with Gasteiger partial charge in [-0.15, -0.1) is 0 Å². The summed E-state index contributed by atoms with van der Waals surface area (Å²) in [7, 11) is 1.37. The largest absolute Gasteiger partial charge is 0.480 e. The zero-order valence-corrected chi connectivity index (χ0v) is 5.97. The van der Waals surface area contributed by atoms with Crippen LogP contribution in [0.1, 0.15) is 5.69 Å². The fraction of sp³-hybridized carbons (Fsp3) is 0.143. The third-order valence-corrected chi connectivity index (χ3v) is 1.16. The van der Waals surface area contributed by atoms with E-state index in [1.54, 1.807) is 0 Å². The molecule has 0 aliphatic rings. The van der Waals surface area contributed by atoms with Crippen LogP contribution < -0.4 is 0 Å². The lowest BCUT2D eigenvalue weighted by atomic mass is 10.3. The Morgan fingerprint density at radius 1 is 1.64 bits per heavy atom. The molecule has 0 saturated heterocycles. The zero-order chi connectivity index (χ0) is 8.27. The van der Waals surface area contributed by atoms with Crippen molar-refractivity contribution in [2.75, 3.05) is 7.11 Å². The molecule has 1 heterocycles. The molecule has 0 fully saturated rings. The number of pyridine rings is 1. The van der Waals surface area contributed by atoms with Crippen LogP contribution in [0.2, 0.25) is 0 Å². The van der Waals surface area contributed by atoms with Gasteiger partial charge in [-0.3, -0.25) is 5.41 Å². The van der Waals surface area contributed by atoms with Gasteiger partial charge in [-0.2, -0.15) is 0 Å². The first-order chi connectivity index (χ1) is 5.24. The van der Waals surface area contributed by atoms with Crippen molar-refractivity contribution in [3.63, 3.8) is 0 Å². The summed E-state index contributed by atoms with van der Waals surface area (Å²) in [6, 6.07) is 2.62. The third kappa shape index (κ3) is 1.73. The summed E-state index contributed by atoms with van der Waals surface area (Å²) in [5, 5.41) is 7.14. The average molecular weight is 154 g/mol. The van der Waals surface area contributed by atoms with Crippen LogP contribution in [-0.2, 0) is 4.74 Å². The van der Waals surface area contributed by atoms with Crippen LogP contribution in [0.3, 0.4) is 0 Å². The van der Waals surface area contributed by atoms with Crippen molar-refractivity contribution in [2.24, 2.45) is 0 Å². The number of ether oxygens (including phenoxy) is 1. The maximum Gasteiger partial charge on any atom is 0.232 e. The van der Waals surface area contributed by atoms with Gasteiger partial charge in [-0.1, -0.05) is 0 Å². The Kier molecular flexibility index (Phi) is 2.15. The standard InChI is InChI=1S/C7H7FN2O/c1-11-7(9)6-3-2-5(8)4-10-6/h2-4,9H,1H3. The van der Waals surface area contributed by atoms with Crippen molar-refractivity contribution in [1.82, 2.24) is 4.98 Å². The average Bonchev–Trinajstić information content (AvgIpc) is 2.05. The molecule has 0 radical (unpaired) electrons. The third-order valence-electron chi connectivity index (χ3n) is 1.16. The highest BCUT2D eigenvalue weighted by Gasteiger charge is 2.00. The number of nitrogens with zero attached hydrogens (tertiary/aromatic N) is 1. The van der Waals surface area contributed by atoms with E-state index in [2.05, 4.69) is 9.72 Å². The van der Waals surface area contributed by atoms with Gasteiger partial charge in [-0.05, 0) is 12.1 Å². The van der Waals surface area contributed by atoms with Crippen LogP contribution in [-0.4, -0.2) is 18.0 Å².